The molecule has 0 aliphatic heterocycles. The number of carbonyl (C=O) groups excluding carboxylic acids is 4. The lowest BCUT2D eigenvalue weighted by Crippen LogP contribution is -2.53. The molecule has 3 unspecified atom stereocenters. The minimum Gasteiger partial charge on any atom is -0.381 e. The highest BCUT2D eigenvalue weighted by Gasteiger charge is 2.31. The van der Waals surface area contributed by atoms with Gasteiger partial charge in [0, 0.05) is 5.92 Å². The summed E-state index contributed by atoms with van der Waals surface area (Å²) in [6.07, 6.45) is 2.69. The van der Waals surface area contributed by atoms with Crippen LogP contribution in [0.3, 0.4) is 0 Å². The van der Waals surface area contributed by atoms with Crippen LogP contribution >= 0.6 is 9.39 Å². The van der Waals surface area contributed by atoms with Crippen molar-refractivity contribution in [1.29, 1.82) is 0 Å². The normalized spacial score (nSPS) is 16.6. The van der Waals surface area contributed by atoms with Gasteiger partial charge in [0.1, 0.15) is 6.04 Å². The van der Waals surface area contributed by atoms with Gasteiger partial charge >= 0.3 is 0 Å². The van der Waals surface area contributed by atoms with Gasteiger partial charge in [-0.15, -0.1) is 0 Å². The molecule has 0 heterocycles. The van der Waals surface area contributed by atoms with Crippen LogP contribution in [0.1, 0.15) is 57.6 Å². The molecule has 0 bridgehead atoms. The van der Waals surface area contributed by atoms with Gasteiger partial charge in [-0.25, -0.2) is 0 Å². The fourth-order valence-corrected chi connectivity index (χ4v) is 3.77. The Hall–Kier alpha value is -2.51. The first-order valence-corrected chi connectivity index (χ1v) is 11.9. The maximum Gasteiger partial charge on any atom is 0.251 e. The zero-order valence-corrected chi connectivity index (χ0v) is 20.3. The van der Waals surface area contributed by atoms with Crippen LogP contribution in [0.15, 0.2) is 30.3 Å². The Bertz CT molecular complexity index is 818. The second kappa shape index (κ2) is 13.3. The predicted molar refractivity (Wildman–Crippen MR) is 128 cm³/mol. The van der Waals surface area contributed by atoms with Crippen molar-refractivity contribution in [1.82, 2.24) is 21.0 Å². The van der Waals surface area contributed by atoms with Gasteiger partial charge in [-0.3, -0.25) is 19.2 Å². The molecule has 2 rings (SSSR count). The van der Waals surface area contributed by atoms with E-state index in [4.69, 9.17) is 0 Å². The maximum atomic E-state index is 12.5. The lowest BCUT2D eigenvalue weighted by molar-refractivity contribution is -0.135. The molecule has 9 nitrogen and oxygen atoms in total. The molecule has 10 heteroatoms. The quantitative estimate of drug-likeness (QED) is 0.269. The summed E-state index contributed by atoms with van der Waals surface area (Å²) in [4.78, 5) is 49.5. The van der Waals surface area contributed by atoms with Gasteiger partial charge < -0.3 is 26.1 Å². The van der Waals surface area contributed by atoms with Crippen LogP contribution in [0.4, 0.5) is 0 Å². The van der Waals surface area contributed by atoms with Crippen LogP contribution < -0.4 is 21.0 Å². The summed E-state index contributed by atoms with van der Waals surface area (Å²) in [6.45, 7) is 3.32. The lowest BCUT2D eigenvalue weighted by Gasteiger charge is -2.25. The second-order valence-corrected chi connectivity index (χ2v) is 8.85. The van der Waals surface area contributed by atoms with E-state index in [1.165, 1.54) is 0 Å². The van der Waals surface area contributed by atoms with Crippen molar-refractivity contribution < 1.29 is 24.3 Å². The summed E-state index contributed by atoms with van der Waals surface area (Å²) in [7, 11) is 2.09. The molecule has 0 aromatic heterocycles. The number of aliphatic hydroxyl groups is 1. The van der Waals surface area contributed by atoms with Crippen LogP contribution in [0.25, 0.3) is 0 Å². The van der Waals surface area contributed by atoms with Crippen molar-refractivity contribution >= 4 is 33.0 Å². The number of rotatable bonds is 13. The third-order valence-corrected chi connectivity index (χ3v) is 5.96. The summed E-state index contributed by atoms with van der Waals surface area (Å²) in [5.74, 6) is -1.56. The van der Waals surface area contributed by atoms with E-state index in [2.05, 4.69) is 30.4 Å². The topological polar surface area (TPSA) is 137 Å². The molecule has 33 heavy (non-hydrogen) atoms. The average molecular weight is 479 g/mol. The Morgan fingerprint density at radius 2 is 1.73 bits per heavy atom. The summed E-state index contributed by atoms with van der Waals surface area (Å²) in [5.41, 5.74) is 0.586. The first-order chi connectivity index (χ1) is 15.8. The first-order valence-electron chi connectivity index (χ1n) is 11.4. The Morgan fingerprint density at radius 3 is 2.30 bits per heavy atom. The Labute approximate surface area is 197 Å². The van der Waals surface area contributed by atoms with Crippen molar-refractivity contribution in [3.63, 3.8) is 0 Å². The highest BCUT2D eigenvalue weighted by atomic mass is 31.0. The number of carbonyl (C=O) groups is 4. The van der Waals surface area contributed by atoms with Crippen molar-refractivity contribution in [2.75, 3.05) is 6.54 Å². The number of nitrogens with one attached hydrogen (secondary N) is 4. The van der Waals surface area contributed by atoms with Gasteiger partial charge in [0.25, 0.3) is 5.91 Å². The van der Waals surface area contributed by atoms with Crippen molar-refractivity contribution in [3.8, 4) is 0 Å². The van der Waals surface area contributed by atoms with Gasteiger partial charge in [0.05, 0.1) is 12.6 Å². The highest BCUT2D eigenvalue weighted by Crippen LogP contribution is 2.35. The third-order valence-electron chi connectivity index (χ3n) is 5.67. The summed E-state index contributed by atoms with van der Waals surface area (Å²) in [5, 5.41) is 20.7. The summed E-state index contributed by atoms with van der Waals surface area (Å²) in [6, 6.07) is 7.02. The van der Waals surface area contributed by atoms with E-state index < -0.39 is 42.5 Å². The lowest BCUT2D eigenvalue weighted by atomic mass is 10.0. The van der Waals surface area contributed by atoms with Gasteiger partial charge in [0.15, 0.2) is 6.10 Å². The molecule has 1 aliphatic rings. The summed E-state index contributed by atoms with van der Waals surface area (Å²) >= 11 is 0. The molecule has 0 radical (unpaired) electrons. The zero-order chi connectivity index (χ0) is 24.4. The van der Waals surface area contributed by atoms with Crippen molar-refractivity contribution in [2.45, 2.75) is 64.1 Å². The number of amides is 4. The van der Waals surface area contributed by atoms with E-state index in [9.17, 15) is 24.3 Å². The molecular formula is C23H35N4O5P. The fraction of sp³-hybridized carbons (Fsp3) is 0.565. The van der Waals surface area contributed by atoms with Crippen molar-refractivity contribution in [2.24, 2.45) is 11.8 Å². The monoisotopic (exact) mass is 478 g/mol. The van der Waals surface area contributed by atoms with Gasteiger partial charge in [-0.05, 0) is 33.7 Å². The Morgan fingerprint density at radius 1 is 1.06 bits per heavy atom. The molecule has 1 fully saturated rings. The molecule has 0 spiro atoms. The molecule has 1 aromatic carbocycles. The van der Waals surface area contributed by atoms with Gasteiger partial charge in [-0.2, -0.15) is 0 Å². The molecule has 1 aromatic rings. The Kier molecular flexibility index (Phi) is 10.7. The smallest absolute Gasteiger partial charge is 0.251 e. The number of aliphatic hydroxyl groups excluding tert-OH is 1. The molecule has 5 atom stereocenters. The fourth-order valence-electron chi connectivity index (χ4n) is 3.60. The van der Waals surface area contributed by atoms with Gasteiger partial charge in [-0.1, -0.05) is 63.4 Å². The number of hydrogen-bond donors (Lipinski definition) is 5. The van der Waals surface area contributed by atoms with E-state index in [-0.39, 0.29) is 11.8 Å². The Balaban J connectivity index is 1.89. The molecule has 5 N–H and O–H groups in total. The third kappa shape index (κ3) is 8.74. The highest BCUT2D eigenvalue weighted by molar-refractivity contribution is 7.15. The van der Waals surface area contributed by atoms with E-state index in [0.29, 0.717) is 24.3 Å². The second-order valence-electron chi connectivity index (χ2n) is 8.57. The van der Waals surface area contributed by atoms with Crippen LogP contribution in [-0.2, 0) is 19.2 Å². The molecule has 1 aliphatic carbocycles. The maximum absolute atomic E-state index is 12.5. The van der Waals surface area contributed by atoms with E-state index in [1.54, 1.807) is 30.3 Å². The molecule has 182 valence electrons. The molecule has 1 saturated carbocycles. The first kappa shape index (κ1) is 26.7. The van der Waals surface area contributed by atoms with Crippen LogP contribution in [0, 0.1) is 11.8 Å². The van der Waals surface area contributed by atoms with E-state index >= 15 is 0 Å². The minimum absolute atomic E-state index is 0.181. The standard InChI is InChI=1S/C23H35N4O5P/c1-3-7-17(25-21(30)14(2)12-15-10-11-15)20(29)23(32)24-13-18(28)26-19(22(31)27-33)16-8-5-4-6-9-16/h4-6,8-9,14-15,17,19-20,29H,3,7,10-13,33H2,1-2H3,(H,24,32)(H,25,30)(H,26,28)(H,27,31)/t14-,17?,19-,20?/m0/s1. The zero-order valence-electron chi connectivity index (χ0n) is 19.2. The minimum atomic E-state index is -1.49. The summed E-state index contributed by atoms with van der Waals surface area (Å²) < 4.78 is 0. The average Bonchev–Trinajstić information content (AvgIpc) is 3.64. The number of hydrogen-bond acceptors (Lipinski definition) is 5. The number of benzene rings is 1. The van der Waals surface area contributed by atoms with Gasteiger partial charge in [0.2, 0.25) is 17.7 Å². The SMILES string of the molecule is CCCC(NC(=O)[C@@H](C)CC1CC1)C(O)C(=O)NCC(=O)N[C@H](C(=O)NP)c1ccccc1. The van der Waals surface area contributed by atoms with Crippen LogP contribution in [-0.4, -0.2) is 47.4 Å². The molecule has 4 amide bonds. The van der Waals surface area contributed by atoms with Crippen LogP contribution in [0.2, 0.25) is 0 Å². The largest absolute Gasteiger partial charge is 0.381 e. The molecule has 0 saturated heterocycles. The van der Waals surface area contributed by atoms with Crippen LogP contribution in [0.5, 0.6) is 0 Å². The van der Waals surface area contributed by atoms with E-state index in [1.807, 2.05) is 13.8 Å². The van der Waals surface area contributed by atoms with Crippen molar-refractivity contribution in [3.05, 3.63) is 35.9 Å². The molecular weight excluding hydrogens is 443 g/mol. The van der Waals surface area contributed by atoms with E-state index in [0.717, 1.165) is 19.3 Å². The predicted octanol–water partition coefficient (Wildman–Crippen LogP) is 0.948.